The molecule has 168 valence electrons. The molecule has 2 atom stereocenters. The number of esters is 1. The molecule has 0 bridgehead atoms. The molecule has 1 aromatic heterocycles. The summed E-state index contributed by atoms with van der Waals surface area (Å²) in [4.78, 5) is 32.8. The van der Waals surface area contributed by atoms with Gasteiger partial charge in [0.1, 0.15) is 5.41 Å². The van der Waals surface area contributed by atoms with Crippen LogP contribution < -0.4 is 4.90 Å². The van der Waals surface area contributed by atoms with Crippen LogP contribution in [0.4, 0.5) is 5.69 Å². The molecule has 0 amide bonds. The summed E-state index contributed by atoms with van der Waals surface area (Å²) in [6.07, 6.45) is 1.73. The lowest BCUT2D eigenvalue weighted by Crippen LogP contribution is -2.56. The Labute approximate surface area is 196 Å². The van der Waals surface area contributed by atoms with Gasteiger partial charge in [0.15, 0.2) is 11.5 Å². The first-order valence-corrected chi connectivity index (χ1v) is 11.1. The van der Waals surface area contributed by atoms with E-state index in [0.717, 1.165) is 10.9 Å². The summed E-state index contributed by atoms with van der Waals surface area (Å²) in [7, 11) is 1.29. The van der Waals surface area contributed by atoms with Crippen molar-refractivity contribution in [3.05, 3.63) is 113 Å². The van der Waals surface area contributed by atoms with Crippen molar-refractivity contribution in [2.75, 3.05) is 12.0 Å². The van der Waals surface area contributed by atoms with Crippen LogP contribution in [0.5, 0.6) is 0 Å². The van der Waals surface area contributed by atoms with Gasteiger partial charge in [0.2, 0.25) is 0 Å². The van der Waals surface area contributed by atoms with Gasteiger partial charge >= 0.3 is 5.97 Å². The number of anilines is 1. The summed E-state index contributed by atoms with van der Waals surface area (Å²) in [5.74, 6) is -0.991. The minimum atomic E-state index is -1.89. The Balaban J connectivity index is 1.81. The average Bonchev–Trinajstić information content (AvgIpc) is 3.44. The molecule has 2 heterocycles. The number of hydrogen-bond donors (Lipinski definition) is 2. The number of hydrogen-bond acceptors (Lipinski definition) is 5. The molecule has 0 fully saturated rings. The van der Waals surface area contributed by atoms with E-state index in [1.165, 1.54) is 7.11 Å². The minimum absolute atomic E-state index is 0.132. The predicted octanol–water partition coefficient (Wildman–Crippen LogP) is 4.41. The molecule has 4 aromatic rings. The largest absolute Gasteiger partial charge is 0.466 e. The van der Waals surface area contributed by atoms with Crippen molar-refractivity contribution >= 4 is 28.3 Å². The Morgan fingerprint density at radius 1 is 0.941 bits per heavy atom. The van der Waals surface area contributed by atoms with E-state index in [2.05, 4.69) is 4.98 Å². The van der Waals surface area contributed by atoms with Crippen LogP contribution in [0.15, 0.2) is 96.3 Å². The Kier molecular flexibility index (Phi) is 4.16. The molecule has 2 aliphatic rings. The second-order valence-electron chi connectivity index (χ2n) is 8.67. The lowest BCUT2D eigenvalue weighted by atomic mass is 9.67. The van der Waals surface area contributed by atoms with Crippen molar-refractivity contribution in [3.63, 3.8) is 0 Å². The van der Waals surface area contributed by atoms with Gasteiger partial charge in [-0.1, -0.05) is 60.7 Å². The van der Waals surface area contributed by atoms with E-state index in [9.17, 15) is 14.7 Å². The van der Waals surface area contributed by atoms with Crippen molar-refractivity contribution in [1.82, 2.24) is 4.98 Å². The van der Waals surface area contributed by atoms with Crippen LogP contribution in [0.25, 0.3) is 10.9 Å². The van der Waals surface area contributed by atoms with Gasteiger partial charge in [-0.15, -0.1) is 0 Å². The fourth-order valence-electron chi connectivity index (χ4n) is 5.94. The third-order valence-electron chi connectivity index (χ3n) is 7.20. The van der Waals surface area contributed by atoms with Crippen LogP contribution in [-0.4, -0.2) is 29.0 Å². The van der Waals surface area contributed by atoms with Gasteiger partial charge in [-0.2, -0.15) is 0 Å². The summed E-state index contributed by atoms with van der Waals surface area (Å²) in [6.45, 7) is 1.75. The number of allylic oxidation sites excluding steroid dienone is 1. The van der Waals surface area contributed by atoms with Gasteiger partial charge < -0.3 is 19.7 Å². The third-order valence-corrected chi connectivity index (χ3v) is 7.20. The molecule has 6 rings (SSSR count). The topological polar surface area (TPSA) is 82.6 Å². The van der Waals surface area contributed by atoms with Gasteiger partial charge in [0.05, 0.1) is 12.7 Å². The highest BCUT2D eigenvalue weighted by Gasteiger charge is 2.74. The first-order valence-electron chi connectivity index (χ1n) is 11.1. The Morgan fingerprint density at radius 3 is 2.38 bits per heavy atom. The van der Waals surface area contributed by atoms with E-state index in [-0.39, 0.29) is 11.4 Å². The average molecular weight is 450 g/mol. The molecule has 0 radical (unpaired) electrons. The fourth-order valence-corrected chi connectivity index (χ4v) is 5.94. The number of aromatic nitrogens is 1. The molecule has 6 nitrogen and oxygen atoms in total. The zero-order valence-corrected chi connectivity index (χ0v) is 18.7. The van der Waals surface area contributed by atoms with E-state index in [1.54, 1.807) is 42.3 Å². The molecule has 0 saturated heterocycles. The molecule has 1 aliphatic carbocycles. The number of aromatic amines is 1. The Morgan fingerprint density at radius 2 is 1.62 bits per heavy atom. The number of Topliss-reactive ketones (excluding diaryl/α,β-unsaturated/α-hetero) is 1. The van der Waals surface area contributed by atoms with Gasteiger partial charge in [0.25, 0.3) is 0 Å². The molecule has 3 aromatic carbocycles. The Bertz CT molecular complexity index is 1520. The minimum Gasteiger partial charge on any atom is -0.466 e. The number of nitrogens with zero attached hydrogens (tertiary/aromatic N) is 1. The Hall–Kier alpha value is -4.16. The standard InChI is InChI=1S/C28H22N2O4/c1-17-24(26(32)34-2)27(22-16-29-23-15-9-7-12-19(22)23)25(31)20-13-6-8-14-21(20)28(27,33)30(17)18-10-4-3-5-11-18/h3-16,29,33H,1-2H3. The number of benzene rings is 3. The highest BCUT2D eigenvalue weighted by atomic mass is 16.5. The predicted molar refractivity (Wildman–Crippen MR) is 128 cm³/mol. The van der Waals surface area contributed by atoms with E-state index < -0.39 is 17.1 Å². The molecule has 2 unspecified atom stereocenters. The highest BCUT2D eigenvalue weighted by molar-refractivity contribution is 6.20. The van der Waals surface area contributed by atoms with Crippen molar-refractivity contribution in [3.8, 4) is 0 Å². The first kappa shape index (κ1) is 20.4. The van der Waals surface area contributed by atoms with Crippen molar-refractivity contribution in [1.29, 1.82) is 0 Å². The van der Waals surface area contributed by atoms with Crippen LogP contribution in [-0.2, 0) is 20.7 Å². The molecular formula is C28H22N2O4. The van der Waals surface area contributed by atoms with Gasteiger partial charge in [-0.3, -0.25) is 4.79 Å². The number of carbonyl (C=O) groups excluding carboxylic acids is 2. The highest BCUT2D eigenvalue weighted by Crippen LogP contribution is 2.64. The maximum Gasteiger partial charge on any atom is 0.337 e. The summed E-state index contributed by atoms with van der Waals surface area (Å²) in [5, 5.41) is 13.6. The van der Waals surface area contributed by atoms with Gasteiger partial charge in [0, 0.05) is 45.2 Å². The summed E-state index contributed by atoms with van der Waals surface area (Å²) >= 11 is 0. The van der Waals surface area contributed by atoms with E-state index >= 15 is 0 Å². The monoisotopic (exact) mass is 450 g/mol. The zero-order valence-electron chi connectivity index (χ0n) is 18.7. The molecule has 0 saturated carbocycles. The number of ketones is 1. The molecule has 6 heteroatoms. The molecule has 34 heavy (non-hydrogen) atoms. The van der Waals surface area contributed by atoms with Gasteiger partial charge in [-0.05, 0) is 25.1 Å². The number of nitrogens with one attached hydrogen (secondary N) is 1. The number of ether oxygens (including phenoxy) is 1. The molecule has 0 spiro atoms. The lowest BCUT2D eigenvalue weighted by molar-refractivity contribution is -0.137. The van der Waals surface area contributed by atoms with E-state index in [1.807, 2.05) is 54.6 Å². The smallest absolute Gasteiger partial charge is 0.337 e. The number of fused-ring (bicyclic) bond motifs is 4. The summed E-state index contributed by atoms with van der Waals surface area (Å²) in [5.41, 5.74) is -0.194. The molecule has 1 aliphatic heterocycles. The maximum absolute atomic E-state index is 14.5. The first-order chi connectivity index (χ1) is 16.5. The number of carbonyl (C=O) groups is 2. The summed E-state index contributed by atoms with van der Waals surface area (Å²) in [6, 6.07) is 23.9. The SMILES string of the molecule is COC(=O)C1=C(C)N(c2ccccc2)C2(O)c3ccccc3C(=O)C12c1c[nH]c2ccccc12. The van der Waals surface area contributed by atoms with Crippen LogP contribution >= 0.6 is 0 Å². The second-order valence-corrected chi connectivity index (χ2v) is 8.67. The number of rotatable bonds is 3. The van der Waals surface area contributed by atoms with Crippen molar-refractivity contribution < 1.29 is 19.4 Å². The van der Waals surface area contributed by atoms with Crippen molar-refractivity contribution in [2.45, 2.75) is 18.1 Å². The van der Waals surface area contributed by atoms with Gasteiger partial charge in [-0.25, -0.2) is 4.79 Å². The number of para-hydroxylation sites is 2. The van der Waals surface area contributed by atoms with Crippen LogP contribution in [0.1, 0.15) is 28.4 Å². The maximum atomic E-state index is 14.5. The third kappa shape index (κ3) is 2.18. The van der Waals surface area contributed by atoms with Crippen molar-refractivity contribution in [2.24, 2.45) is 0 Å². The van der Waals surface area contributed by atoms with Crippen LogP contribution in [0, 0.1) is 0 Å². The van der Waals surface area contributed by atoms with E-state index in [4.69, 9.17) is 4.74 Å². The van der Waals surface area contributed by atoms with Crippen LogP contribution in [0.2, 0.25) is 0 Å². The molecule has 2 N–H and O–H groups in total. The molecular weight excluding hydrogens is 428 g/mol. The zero-order chi connectivity index (χ0) is 23.7. The normalized spacial score (nSPS) is 23.4. The fraction of sp³-hybridized carbons (Fsp3) is 0.143. The number of H-pyrrole nitrogens is 1. The second kappa shape index (κ2) is 6.92. The quantitative estimate of drug-likeness (QED) is 0.452. The van der Waals surface area contributed by atoms with E-state index in [0.29, 0.717) is 28.1 Å². The number of aliphatic hydroxyl groups is 1. The lowest BCUT2D eigenvalue weighted by Gasteiger charge is -2.42. The van der Waals surface area contributed by atoms with Crippen LogP contribution in [0.3, 0.4) is 0 Å². The number of methoxy groups -OCH3 is 1. The summed E-state index contributed by atoms with van der Waals surface area (Å²) < 4.78 is 5.23.